The van der Waals surface area contributed by atoms with Crippen LogP contribution in [0.2, 0.25) is 52.4 Å². The fourth-order valence-corrected chi connectivity index (χ4v) is 13.4. The highest BCUT2D eigenvalue weighted by molar-refractivity contribution is 7.08. The quantitative estimate of drug-likeness (QED) is 0.734. The topological polar surface area (TPSA) is 0 Å². The molecular formula is C20H32Si3. The number of hydrogen-bond acceptors (Lipinski definition) is 0. The van der Waals surface area contributed by atoms with Crippen molar-refractivity contribution in [3.8, 4) is 0 Å². The normalized spacial score (nSPS) is 13.2. The summed E-state index contributed by atoms with van der Waals surface area (Å²) in [5.41, 5.74) is 0. The Balaban J connectivity index is 2.71. The van der Waals surface area contributed by atoms with E-state index in [0.29, 0.717) is 0 Å². The Hall–Kier alpha value is -0.909. The summed E-state index contributed by atoms with van der Waals surface area (Å²) in [7, 11) is -4.37. The summed E-state index contributed by atoms with van der Waals surface area (Å²) in [4.78, 5) is 0. The third kappa shape index (κ3) is 3.78. The van der Waals surface area contributed by atoms with Gasteiger partial charge >= 0.3 is 0 Å². The molecule has 0 aliphatic heterocycles. The van der Waals surface area contributed by atoms with Crippen molar-refractivity contribution in [2.45, 2.75) is 52.4 Å². The highest BCUT2D eigenvalue weighted by atomic mass is 28.3. The maximum absolute atomic E-state index is 2.55. The van der Waals surface area contributed by atoms with Gasteiger partial charge in [0.1, 0.15) is 8.07 Å². The second-order valence-corrected chi connectivity index (χ2v) is 23.6. The minimum atomic E-state index is -1.69. The monoisotopic (exact) mass is 356 g/mol. The first kappa shape index (κ1) is 18.4. The summed E-state index contributed by atoms with van der Waals surface area (Å²) in [6, 6.07) is 18.6. The van der Waals surface area contributed by atoms with Crippen LogP contribution in [0.1, 0.15) is 0 Å². The highest BCUT2D eigenvalue weighted by Crippen LogP contribution is 2.10. The molecule has 0 aromatic heterocycles. The molecule has 2 rings (SSSR count). The third-order valence-electron chi connectivity index (χ3n) is 4.82. The molecule has 0 saturated carbocycles. The molecule has 0 unspecified atom stereocenters. The van der Waals surface area contributed by atoms with Crippen LogP contribution in [-0.2, 0) is 0 Å². The molecule has 2 aromatic rings. The largest absolute Gasteiger partial charge is 0.111 e. The first-order valence-electron chi connectivity index (χ1n) is 8.65. The fraction of sp³-hybridized carbons (Fsp3) is 0.400. The third-order valence-corrected chi connectivity index (χ3v) is 13.0. The van der Waals surface area contributed by atoms with Gasteiger partial charge in [-0.1, -0.05) is 122 Å². The zero-order valence-corrected chi connectivity index (χ0v) is 19.1. The predicted molar refractivity (Wildman–Crippen MR) is 116 cm³/mol. The first-order valence-corrected chi connectivity index (χ1v) is 18.7. The van der Waals surface area contributed by atoms with Crippen molar-refractivity contribution in [2.24, 2.45) is 0 Å². The Morgan fingerprint density at radius 1 is 0.435 bits per heavy atom. The molecule has 0 radical (unpaired) electrons. The van der Waals surface area contributed by atoms with Crippen LogP contribution in [0.5, 0.6) is 0 Å². The molecule has 0 aliphatic carbocycles. The van der Waals surface area contributed by atoms with Gasteiger partial charge in [-0.25, -0.2) is 0 Å². The molecule has 0 fully saturated rings. The van der Waals surface area contributed by atoms with E-state index in [1.165, 1.54) is 0 Å². The van der Waals surface area contributed by atoms with E-state index in [1.807, 2.05) is 0 Å². The van der Waals surface area contributed by atoms with Gasteiger partial charge in [-0.3, -0.25) is 0 Å². The number of rotatable bonds is 4. The molecule has 0 bridgehead atoms. The maximum atomic E-state index is 2.55. The molecule has 2 aromatic carbocycles. The Kier molecular flexibility index (Phi) is 4.96. The SMILES string of the molecule is C[Si](C)(C)c1ccccc1[Si](C)(C)c1ccccc1[Si](C)(C)C. The average molecular weight is 357 g/mol. The summed E-state index contributed by atoms with van der Waals surface area (Å²) in [6.07, 6.45) is 0. The van der Waals surface area contributed by atoms with Crippen LogP contribution in [0, 0.1) is 0 Å². The van der Waals surface area contributed by atoms with Crippen molar-refractivity contribution in [3.63, 3.8) is 0 Å². The van der Waals surface area contributed by atoms with E-state index < -0.39 is 24.2 Å². The van der Waals surface area contributed by atoms with Crippen LogP contribution in [0.4, 0.5) is 0 Å². The predicted octanol–water partition coefficient (Wildman–Crippen LogP) is 3.60. The van der Waals surface area contributed by atoms with E-state index in [4.69, 9.17) is 0 Å². The van der Waals surface area contributed by atoms with Gasteiger partial charge in [0.25, 0.3) is 0 Å². The van der Waals surface area contributed by atoms with Crippen LogP contribution in [-0.4, -0.2) is 24.2 Å². The van der Waals surface area contributed by atoms with Crippen molar-refractivity contribution in [3.05, 3.63) is 48.5 Å². The smallest absolute Gasteiger partial charge is 0.0656 e. The van der Waals surface area contributed by atoms with E-state index in [1.54, 1.807) is 20.7 Å². The Morgan fingerprint density at radius 2 is 0.696 bits per heavy atom. The van der Waals surface area contributed by atoms with Gasteiger partial charge in [-0.2, -0.15) is 0 Å². The average Bonchev–Trinajstić information content (AvgIpc) is 2.45. The lowest BCUT2D eigenvalue weighted by molar-refractivity contribution is 1.65. The molecule has 124 valence electrons. The Labute approximate surface area is 146 Å². The lowest BCUT2D eigenvalue weighted by Gasteiger charge is -2.34. The molecule has 0 heterocycles. The van der Waals surface area contributed by atoms with Crippen molar-refractivity contribution < 1.29 is 0 Å². The molecule has 0 N–H and O–H groups in total. The molecule has 0 atom stereocenters. The van der Waals surface area contributed by atoms with Crippen LogP contribution < -0.4 is 20.7 Å². The van der Waals surface area contributed by atoms with Gasteiger partial charge < -0.3 is 0 Å². The molecule has 0 aliphatic rings. The van der Waals surface area contributed by atoms with Gasteiger partial charge in [0.15, 0.2) is 0 Å². The molecule has 0 nitrogen and oxygen atoms in total. The Morgan fingerprint density at radius 3 is 0.957 bits per heavy atom. The number of benzene rings is 2. The van der Waals surface area contributed by atoms with Gasteiger partial charge in [-0.05, 0) is 0 Å². The maximum Gasteiger partial charge on any atom is 0.111 e. The molecular weight excluding hydrogens is 324 g/mol. The zero-order chi connectivity index (χ0) is 17.5. The van der Waals surface area contributed by atoms with E-state index in [-0.39, 0.29) is 0 Å². The first-order chi connectivity index (χ1) is 10.5. The van der Waals surface area contributed by atoms with Crippen LogP contribution in [0.15, 0.2) is 48.5 Å². The van der Waals surface area contributed by atoms with E-state index in [2.05, 4.69) is 101 Å². The van der Waals surface area contributed by atoms with Crippen LogP contribution in [0.25, 0.3) is 0 Å². The molecule has 23 heavy (non-hydrogen) atoms. The summed E-state index contributed by atoms with van der Waals surface area (Å²) in [6.45, 7) is 19.9. The lowest BCUT2D eigenvalue weighted by Crippen LogP contribution is -2.68. The van der Waals surface area contributed by atoms with E-state index in [9.17, 15) is 0 Å². The second-order valence-electron chi connectivity index (χ2n) is 9.22. The molecule has 0 saturated heterocycles. The fourth-order valence-electron chi connectivity index (χ4n) is 3.51. The summed E-state index contributed by atoms with van der Waals surface area (Å²) in [5.74, 6) is 0. The van der Waals surface area contributed by atoms with Crippen molar-refractivity contribution in [1.29, 1.82) is 0 Å². The van der Waals surface area contributed by atoms with Crippen LogP contribution >= 0.6 is 0 Å². The summed E-state index contributed by atoms with van der Waals surface area (Å²) >= 11 is 0. The van der Waals surface area contributed by atoms with Gasteiger partial charge in [-0.15, -0.1) is 0 Å². The minimum Gasteiger partial charge on any atom is -0.0656 e. The molecule has 0 spiro atoms. The van der Waals surface area contributed by atoms with E-state index >= 15 is 0 Å². The van der Waals surface area contributed by atoms with Crippen molar-refractivity contribution in [2.75, 3.05) is 0 Å². The highest BCUT2D eigenvalue weighted by Gasteiger charge is 2.35. The second kappa shape index (κ2) is 6.19. The molecule has 0 amide bonds. The van der Waals surface area contributed by atoms with Gasteiger partial charge in [0.2, 0.25) is 0 Å². The molecule has 3 heteroatoms. The van der Waals surface area contributed by atoms with Crippen molar-refractivity contribution in [1.82, 2.24) is 0 Å². The Bertz CT molecular complexity index is 629. The zero-order valence-electron chi connectivity index (χ0n) is 16.1. The van der Waals surface area contributed by atoms with Gasteiger partial charge in [0.05, 0.1) is 16.1 Å². The van der Waals surface area contributed by atoms with Crippen LogP contribution in [0.3, 0.4) is 0 Å². The summed E-state index contributed by atoms with van der Waals surface area (Å²) in [5, 5.41) is 6.62. The van der Waals surface area contributed by atoms with Crippen molar-refractivity contribution >= 4 is 45.0 Å². The minimum absolute atomic E-state index is 1.34. The number of hydrogen-bond donors (Lipinski definition) is 0. The standard InChI is InChI=1S/C20H32Si3/c1-21(2,3)17-13-9-11-15-19(17)23(7,8)20-16-12-10-14-18(20)22(4,5)6/h9-16H,1-8H3. The van der Waals surface area contributed by atoms with E-state index in [0.717, 1.165) is 0 Å². The summed E-state index contributed by atoms with van der Waals surface area (Å²) < 4.78 is 0. The lowest BCUT2D eigenvalue weighted by atomic mass is 10.3. The van der Waals surface area contributed by atoms with Gasteiger partial charge in [0, 0.05) is 0 Å².